The van der Waals surface area contributed by atoms with E-state index in [2.05, 4.69) is 11.8 Å². The monoisotopic (exact) mass is 239 g/mol. The molecule has 0 saturated carbocycles. The van der Waals surface area contributed by atoms with Gasteiger partial charge in [0.2, 0.25) is 0 Å². The van der Waals surface area contributed by atoms with Gasteiger partial charge < -0.3 is 15.6 Å². The number of ether oxygens (including phenoxy) is 1. The predicted molar refractivity (Wildman–Crippen MR) is 60.5 cm³/mol. The second-order valence-corrected chi connectivity index (χ2v) is 3.27. The van der Waals surface area contributed by atoms with E-state index in [0.29, 0.717) is 16.3 Å². The van der Waals surface area contributed by atoms with E-state index in [1.807, 2.05) is 0 Å². The van der Waals surface area contributed by atoms with Gasteiger partial charge in [0.25, 0.3) is 0 Å². The van der Waals surface area contributed by atoms with E-state index in [1.54, 1.807) is 12.1 Å². The van der Waals surface area contributed by atoms with Crippen molar-refractivity contribution in [2.24, 2.45) is 5.73 Å². The SMILES string of the molecule is NCC#Cc1ccc(Cl)cc1OCC(=O)O. The molecule has 0 aliphatic carbocycles. The minimum Gasteiger partial charge on any atom is -0.481 e. The normalized spacial score (nSPS) is 9.12. The summed E-state index contributed by atoms with van der Waals surface area (Å²) in [5.41, 5.74) is 5.81. The molecule has 0 aliphatic heterocycles. The molecule has 0 heterocycles. The van der Waals surface area contributed by atoms with Gasteiger partial charge in [0, 0.05) is 11.1 Å². The maximum Gasteiger partial charge on any atom is 0.341 e. The van der Waals surface area contributed by atoms with Crippen molar-refractivity contribution in [3.63, 3.8) is 0 Å². The van der Waals surface area contributed by atoms with E-state index < -0.39 is 12.6 Å². The lowest BCUT2D eigenvalue weighted by molar-refractivity contribution is -0.139. The highest BCUT2D eigenvalue weighted by Gasteiger charge is 2.05. The second kappa shape index (κ2) is 6.01. The van der Waals surface area contributed by atoms with E-state index in [0.717, 1.165) is 0 Å². The van der Waals surface area contributed by atoms with Crippen molar-refractivity contribution in [2.75, 3.05) is 13.2 Å². The second-order valence-electron chi connectivity index (χ2n) is 2.83. The summed E-state index contributed by atoms with van der Waals surface area (Å²) >= 11 is 5.77. The summed E-state index contributed by atoms with van der Waals surface area (Å²) in [4.78, 5) is 10.4. The molecule has 3 N–H and O–H groups in total. The van der Waals surface area contributed by atoms with E-state index in [1.165, 1.54) is 6.07 Å². The van der Waals surface area contributed by atoms with Gasteiger partial charge in [-0.25, -0.2) is 4.79 Å². The number of nitrogens with two attached hydrogens (primary N) is 1. The lowest BCUT2D eigenvalue weighted by Crippen LogP contribution is -2.10. The number of aliphatic carboxylic acids is 1. The van der Waals surface area contributed by atoms with Crippen LogP contribution >= 0.6 is 11.6 Å². The minimum absolute atomic E-state index is 0.223. The fourth-order valence-corrected chi connectivity index (χ4v) is 1.17. The highest BCUT2D eigenvalue weighted by molar-refractivity contribution is 6.30. The Labute approximate surface area is 98.0 Å². The van der Waals surface area contributed by atoms with Gasteiger partial charge in [-0.15, -0.1) is 0 Å². The largest absolute Gasteiger partial charge is 0.481 e. The standard InChI is InChI=1S/C11H10ClNO3/c12-9-4-3-8(2-1-5-13)10(6-9)16-7-11(14)15/h3-4,6H,5,7,13H2,(H,14,15). The number of halogens is 1. The fourth-order valence-electron chi connectivity index (χ4n) is 1.00. The Hall–Kier alpha value is -1.70. The van der Waals surface area contributed by atoms with Crippen LogP contribution in [0.1, 0.15) is 5.56 Å². The molecule has 0 unspecified atom stereocenters. The van der Waals surface area contributed by atoms with Crippen LogP contribution < -0.4 is 10.5 Å². The zero-order chi connectivity index (χ0) is 12.0. The van der Waals surface area contributed by atoms with E-state index in [9.17, 15) is 4.79 Å². The molecule has 16 heavy (non-hydrogen) atoms. The van der Waals surface area contributed by atoms with Crippen molar-refractivity contribution in [3.05, 3.63) is 28.8 Å². The van der Waals surface area contributed by atoms with Gasteiger partial charge >= 0.3 is 5.97 Å². The van der Waals surface area contributed by atoms with Crippen molar-refractivity contribution in [2.45, 2.75) is 0 Å². The maximum atomic E-state index is 10.4. The third-order valence-electron chi connectivity index (χ3n) is 1.62. The predicted octanol–water partition coefficient (Wildman–Crippen LogP) is 1.11. The zero-order valence-corrected chi connectivity index (χ0v) is 9.12. The summed E-state index contributed by atoms with van der Waals surface area (Å²) < 4.78 is 5.05. The Morgan fingerprint density at radius 2 is 2.31 bits per heavy atom. The number of hydrogen-bond donors (Lipinski definition) is 2. The van der Waals surface area contributed by atoms with E-state index in [4.69, 9.17) is 27.2 Å². The molecule has 1 aromatic carbocycles. The van der Waals surface area contributed by atoms with Crippen molar-refractivity contribution in [1.29, 1.82) is 0 Å². The van der Waals surface area contributed by atoms with Crippen molar-refractivity contribution >= 4 is 17.6 Å². The van der Waals surface area contributed by atoms with Crippen molar-refractivity contribution in [3.8, 4) is 17.6 Å². The molecule has 0 atom stereocenters. The van der Waals surface area contributed by atoms with Crippen LogP contribution in [0.5, 0.6) is 5.75 Å². The molecule has 0 amide bonds. The van der Waals surface area contributed by atoms with Gasteiger partial charge in [-0.05, 0) is 12.1 Å². The Morgan fingerprint density at radius 3 is 2.94 bits per heavy atom. The molecular formula is C11H10ClNO3. The van der Waals surface area contributed by atoms with E-state index in [-0.39, 0.29) is 6.54 Å². The molecule has 0 bridgehead atoms. The smallest absolute Gasteiger partial charge is 0.341 e. The summed E-state index contributed by atoms with van der Waals surface area (Å²) in [7, 11) is 0. The first-order valence-corrected chi connectivity index (χ1v) is 4.84. The fraction of sp³-hybridized carbons (Fsp3) is 0.182. The Bertz CT molecular complexity index is 448. The Balaban J connectivity index is 2.93. The van der Waals surface area contributed by atoms with Gasteiger partial charge in [-0.3, -0.25) is 0 Å². The molecule has 1 rings (SSSR count). The quantitative estimate of drug-likeness (QED) is 0.776. The van der Waals surface area contributed by atoms with Crippen molar-refractivity contribution < 1.29 is 14.6 Å². The number of benzene rings is 1. The molecule has 4 nitrogen and oxygen atoms in total. The van der Waals surface area contributed by atoms with Gasteiger partial charge in [-0.1, -0.05) is 23.4 Å². The highest BCUT2D eigenvalue weighted by Crippen LogP contribution is 2.22. The third-order valence-corrected chi connectivity index (χ3v) is 1.86. The Kier molecular flexibility index (Phi) is 4.65. The van der Waals surface area contributed by atoms with Gasteiger partial charge in [0.1, 0.15) is 5.75 Å². The molecule has 0 spiro atoms. The molecule has 84 valence electrons. The first-order valence-electron chi connectivity index (χ1n) is 4.46. The summed E-state index contributed by atoms with van der Waals surface area (Å²) in [5, 5.41) is 8.95. The van der Waals surface area contributed by atoms with Crippen molar-refractivity contribution in [1.82, 2.24) is 0 Å². The van der Waals surface area contributed by atoms with Crippen LogP contribution in [0, 0.1) is 11.8 Å². The summed E-state index contributed by atoms with van der Waals surface area (Å²) in [5.74, 6) is 4.72. The number of hydrogen-bond acceptors (Lipinski definition) is 3. The first kappa shape index (κ1) is 12.4. The summed E-state index contributed by atoms with van der Waals surface area (Å²) in [6.45, 7) is -0.210. The Morgan fingerprint density at radius 1 is 1.56 bits per heavy atom. The van der Waals surface area contributed by atoms with Crippen LogP contribution in [-0.2, 0) is 4.79 Å². The molecule has 1 aromatic rings. The number of carboxylic acid groups (broad SMARTS) is 1. The third kappa shape index (κ3) is 3.81. The highest BCUT2D eigenvalue weighted by atomic mass is 35.5. The average Bonchev–Trinajstić information content (AvgIpc) is 2.25. The number of carbonyl (C=O) groups is 1. The van der Waals surface area contributed by atoms with Crippen LogP contribution in [0.25, 0.3) is 0 Å². The minimum atomic E-state index is -1.06. The van der Waals surface area contributed by atoms with Crippen LogP contribution in [0.3, 0.4) is 0 Å². The van der Waals surface area contributed by atoms with Gasteiger partial charge in [0.15, 0.2) is 6.61 Å². The lowest BCUT2D eigenvalue weighted by Gasteiger charge is -2.06. The molecule has 5 heteroatoms. The average molecular weight is 240 g/mol. The maximum absolute atomic E-state index is 10.4. The van der Waals surface area contributed by atoms with E-state index >= 15 is 0 Å². The molecular weight excluding hydrogens is 230 g/mol. The molecule has 0 radical (unpaired) electrons. The summed E-state index contributed by atoms with van der Waals surface area (Å²) in [6.07, 6.45) is 0. The molecule has 0 aromatic heterocycles. The topological polar surface area (TPSA) is 72.5 Å². The van der Waals surface area contributed by atoms with Crippen LogP contribution in [0.15, 0.2) is 18.2 Å². The molecule has 0 fully saturated rings. The number of rotatable bonds is 3. The zero-order valence-electron chi connectivity index (χ0n) is 8.37. The first-order chi connectivity index (χ1) is 7.63. The summed E-state index contributed by atoms with van der Waals surface area (Å²) in [6, 6.07) is 4.82. The van der Waals surface area contributed by atoms with Gasteiger partial charge in [0.05, 0.1) is 12.1 Å². The van der Waals surface area contributed by atoms with Crippen LogP contribution in [0.2, 0.25) is 5.02 Å². The molecule has 0 saturated heterocycles. The lowest BCUT2D eigenvalue weighted by atomic mass is 10.2. The number of carboxylic acids is 1. The van der Waals surface area contributed by atoms with Gasteiger partial charge in [-0.2, -0.15) is 0 Å². The van der Waals surface area contributed by atoms with Crippen LogP contribution in [-0.4, -0.2) is 24.2 Å². The molecule has 0 aliphatic rings. The van der Waals surface area contributed by atoms with Crippen LogP contribution in [0.4, 0.5) is 0 Å².